The summed E-state index contributed by atoms with van der Waals surface area (Å²) in [5, 5.41) is 13.1. The molecule has 1 heterocycles. The van der Waals surface area contributed by atoms with E-state index in [4.69, 9.17) is 0 Å². The van der Waals surface area contributed by atoms with Crippen LogP contribution in [-0.4, -0.2) is 28.8 Å². The van der Waals surface area contributed by atoms with Crippen LogP contribution >= 0.6 is 0 Å². The highest BCUT2D eigenvalue weighted by atomic mass is 16.3. The Bertz CT molecular complexity index is 575. The topological polar surface area (TPSA) is 53.3 Å². The third-order valence-corrected chi connectivity index (χ3v) is 3.33. The standard InChI is InChI=1S/C15H22N4O/c1-11(20)13-7-5-6-8-14(13)16-9-12-10-17-15(18(2)3)19(12)4/h5-8,10-11,16,20H,9H2,1-4H3. The van der Waals surface area contributed by atoms with Gasteiger partial charge in [-0.15, -0.1) is 0 Å². The minimum atomic E-state index is -0.484. The van der Waals surface area contributed by atoms with E-state index in [-0.39, 0.29) is 0 Å². The van der Waals surface area contributed by atoms with Gasteiger partial charge >= 0.3 is 0 Å². The van der Waals surface area contributed by atoms with Crippen molar-refractivity contribution in [1.29, 1.82) is 0 Å². The number of imidazole rings is 1. The second-order valence-electron chi connectivity index (χ2n) is 5.12. The number of nitrogens with one attached hydrogen (secondary N) is 1. The Morgan fingerprint density at radius 1 is 1.35 bits per heavy atom. The lowest BCUT2D eigenvalue weighted by Gasteiger charge is -2.15. The van der Waals surface area contributed by atoms with E-state index in [0.29, 0.717) is 6.54 Å². The lowest BCUT2D eigenvalue weighted by Crippen LogP contribution is -2.15. The minimum absolute atomic E-state index is 0.484. The molecule has 0 aliphatic rings. The van der Waals surface area contributed by atoms with Crippen LogP contribution in [0.3, 0.4) is 0 Å². The highest BCUT2D eigenvalue weighted by Crippen LogP contribution is 2.23. The van der Waals surface area contributed by atoms with Crippen LogP contribution < -0.4 is 10.2 Å². The zero-order valence-corrected chi connectivity index (χ0v) is 12.5. The van der Waals surface area contributed by atoms with Gasteiger partial charge in [-0.3, -0.25) is 0 Å². The molecule has 1 aromatic carbocycles. The highest BCUT2D eigenvalue weighted by molar-refractivity contribution is 5.52. The van der Waals surface area contributed by atoms with Crippen molar-refractivity contribution < 1.29 is 5.11 Å². The largest absolute Gasteiger partial charge is 0.389 e. The Morgan fingerprint density at radius 3 is 2.65 bits per heavy atom. The number of hydrogen-bond acceptors (Lipinski definition) is 4. The summed E-state index contributed by atoms with van der Waals surface area (Å²) >= 11 is 0. The zero-order valence-electron chi connectivity index (χ0n) is 12.5. The molecule has 0 spiro atoms. The fraction of sp³-hybridized carbons (Fsp3) is 0.400. The number of rotatable bonds is 5. The summed E-state index contributed by atoms with van der Waals surface area (Å²) in [6.45, 7) is 2.44. The third-order valence-electron chi connectivity index (χ3n) is 3.33. The van der Waals surface area contributed by atoms with E-state index >= 15 is 0 Å². The SMILES string of the molecule is CC(O)c1ccccc1NCc1cnc(N(C)C)n1C. The van der Waals surface area contributed by atoms with Gasteiger partial charge < -0.3 is 19.9 Å². The molecule has 0 saturated carbocycles. The molecule has 1 atom stereocenters. The van der Waals surface area contributed by atoms with E-state index in [9.17, 15) is 5.11 Å². The zero-order chi connectivity index (χ0) is 14.7. The number of benzene rings is 1. The van der Waals surface area contributed by atoms with Crippen molar-refractivity contribution in [2.24, 2.45) is 7.05 Å². The van der Waals surface area contributed by atoms with E-state index in [0.717, 1.165) is 22.9 Å². The van der Waals surface area contributed by atoms with Crippen LogP contribution in [0.15, 0.2) is 30.5 Å². The fourth-order valence-corrected chi connectivity index (χ4v) is 2.22. The Morgan fingerprint density at radius 2 is 2.05 bits per heavy atom. The van der Waals surface area contributed by atoms with Gasteiger partial charge in [0.2, 0.25) is 5.95 Å². The second-order valence-corrected chi connectivity index (χ2v) is 5.12. The Balaban J connectivity index is 2.13. The molecule has 0 fully saturated rings. The second kappa shape index (κ2) is 5.96. The van der Waals surface area contributed by atoms with E-state index in [1.807, 2.05) is 56.5 Å². The summed E-state index contributed by atoms with van der Waals surface area (Å²) in [6.07, 6.45) is 1.38. The molecular formula is C15H22N4O. The van der Waals surface area contributed by atoms with Gasteiger partial charge in [-0.05, 0) is 13.0 Å². The van der Waals surface area contributed by atoms with Gasteiger partial charge in [-0.1, -0.05) is 18.2 Å². The van der Waals surface area contributed by atoms with Gasteiger partial charge in [0.05, 0.1) is 24.5 Å². The van der Waals surface area contributed by atoms with Crippen molar-refractivity contribution in [3.63, 3.8) is 0 Å². The molecule has 0 amide bonds. The van der Waals surface area contributed by atoms with Crippen molar-refractivity contribution in [3.05, 3.63) is 41.7 Å². The number of anilines is 2. The Hall–Kier alpha value is -2.01. The first-order chi connectivity index (χ1) is 9.50. The molecule has 20 heavy (non-hydrogen) atoms. The highest BCUT2D eigenvalue weighted by Gasteiger charge is 2.10. The minimum Gasteiger partial charge on any atom is -0.389 e. The van der Waals surface area contributed by atoms with Crippen LogP contribution in [0, 0.1) is 0 Å². The first-order valence-corrected chi connectivity index (χ1v) is 6.69. The monoisotopic (exact) mass is 274 g/mol. The maximum atomic E-state index is 9.77. The molecule has 5 heteroatoms. The number of nitrogens with zero attached hydrogens (tertiary/aromatic N) is 3. The summed E-state index contributed by atoms with van der Waals surface area (Å²) in [5.41, 5.74) is 2.95. The lowest BCUT2D eigenvalue weighted by atomic mass is 10.1. The Kier molecular flexibility index (Phi) is 4.29. The number of aliphatic hydroxyl groups excluding tert-OH is 1. The molecule has 1 unspecified atom stereocenters. The fourth-order valence-electron chi connectivity index (χ4n) is 2.22. The number of hydrogen-bond donors (Lipinski definition) is 2. The first kappa shape index (κ1) is 14.4. The molecule has 0 saturated heterocycles. The first-order valence-electron chi connectivity index (χ1n) is 6.69. The smallest absolute Gasteiger partial charge is 0.204 e. The molecule has 0 aliphatic heterocycles. The van der Waals surface area contributed by atoms with Crippen LogP contribution in [0.25, 0.3) is 0 Å². The quantitative estimate of drug-likeness (QED) is 0.877. The molecule has 108 valence electrons. The maximum absolute atomic E-state index is 9.77. The van der Waals surface area contributed by atoms with Crippen LogP contribution in [-0.2, 0) is 13.6 Å². The molecule has 0 radical (unpaired) electrons. The van der Waals surface area contributed by atoms with Gasteiger partial charge in [-0.2, -0.15) is 0 Å². The van der Waals surface area contributed by atoms with Gasteiger partial charge in [0.25, 0.3) is 0 Å². The van der Waals surface area contributed by atoms with Crippen LogP contribution in [0.2, 0.25) is 0 Å². The third kappa shape index (κ3) is 2.93. The van der Waals surface area contributed by atoms with Gasteiger partial charge in [0.15, 0.2) is 0 Å². The molecule has 2 N–H and O–H groups in total. The van der Waals surface area contributed by atoms with Crippen molar-refractivity contribution in [2.75, 3.05) is 24.3 Å². The van der Waals surface area contributed by atoms with E-state index in [1.54, 1.807) is 6.92 Å². The van der Waals surface area contributed by atoms with Crippen molar-refractivity contribution in [2.45, 2.75) is 19.6 Å². The predicted octanol–water partition coefficient (Wildman–Crippen LogP) is 2.15. The summed E-state index contributed by atoms with van der Waals surface area (Å²) in [6, 6.07) is 7.80. The Labute approximate surface area is 119 Å². The van der Waals surface area contributed by atoms with Crippen molar-refractivity contribution in [3.8, 4) is 0 Å². The van der Waals surface area contributed by atoms with E-state index in [2.05, 4.69) is 14.9 Å². The molecule has 0 bridgehead atoms. The molecule has 2 aromatic rings. The van der Waals surface area contributed by atoms with Crippen LogP contribution in [0.5, 0.6) is 0 Å². The van der Waals surface area contributed by atoms with E-state index in [1.165, 1.54) is 0 Å². The maximum Gasteiger partial charge on any atom is 0.204 e. The molecular weight excluding hydrogens is 252 g/mol. The lowest BCUT2D eigenvalue weighted by molar-refractivity contribution is 0.200. The molecule has 1 aromatic heterocycles. The van der Waals surface area contributed by atoms with Crippen LogP contribution in [0.1, 0.15) is 24.3 Å². The van der Waals surface area contributed by atoms with Gasteiger partial charge in [-0.25, -0.2) is 4.98 Å². The summed E-state index contributed by atoms with van der Waals surface area (Å²) in [5.74, 6) is 0.922. The number of para-hydroxylation sites is 1. The molecule has 5 nitrogen and oxygen atoms in total. The average Bonchev–Trinajstić information content (AvgIpc) is 2.78. The average molecular weight is 274 g/mol. The van der Waals surface area contributed by atoms with Crippen LogP contribution in [0.4, 0.5) is 11.6 Å². The normalized spacial score (nSPS) is 12.2. The van der Waals surface area contributed by atoms with Gasteiger partial charge in [0.1, 0.15) is 0 Å². The summed E-state index contributed by atoms with van der Waals surface area (Å²) < 4.78 is 2.05. The summed E-state index contributed by atoms with van der Waals surface area (Å²) in [7, 11) is 5.95. The summed E-state index contributed by atoms with van der Waals surface area (Å²) in [4.78, 5) is 6.36. The van der Waals surface area contributed by atoms with Crippen molar-refractivity contribution >= 4 is 11.6 Å². The van der Waals surface area contributed by atoms with Gasteiger partial charge in [0, 0.05) is 32.4 Å². The molecule has 0 aliphatic carbocycles. The predicted molar refractivity (Wildman–Crippen MR) is 81.9 cm³/mol. The van der Waals surface area contributed by atoms with E-state index < -0.39 is 6.10 Å². The molecule has 2 rings (SSSR count). The number of aromatic nitrogens is 2. The number of aliphatic hydroxyl groups is 1. The van der Waals surface area contributed by atoms with Crippen molar-refractivity contribution in [1.82, 2.24) is 9.55 Å².